The summed E-state index contributed by atoms with van der Waals surface area (Å²) in [5.41, 5.74) is 1.64. The Balaban J connectivity index is 2.57. The maximum atomic E-state index is 13.7. The molecule has 0 bridgehead atoms. The molecule has 102 valence electrons. The Morgan fingerprint density at radius 1 is 1.42 bits per heavy atom. The number of rotatable bonds is 2. The summed E-state index contributed by atoms with van der Waals surface area (Å²) in [7, 11) is 0. The molecule has 1 heterocycles. The predicted octanol–water partition coefficient (Wildman–Crippen LogP) is 5.25. The Bertz CT molecular complexity index is 544. The monoisotopic (exact) mass is 280 g/mol. The topological polar surface area (TPSA) is 9.23 Å². The number of allylic oxidation sites excluding steroid dienone is 3. The van der Waals surface area contributed by atoms with Gasteiger partial charge in [-0.2, -0.15) is 0 Å². The Kier molecular flexibility index (Phi) is 4.00. The van der Waals surface area contributed by atoms with Gasteiger partial charge in [0.2, 0.25) is 0 Å². The van der Waals surface area contributed by atoms with Crippen LogP contribution in [0.15, 0.2) is 30.4 Å². The molecule has 0 N–H and O–H groups in total. The highest BCUT2D eigenvalue weighted by atomic mass is 35.5. The number of benzene rings is 1. The van der Waals surface area contributed by atoms with E-state index in [0.717, 1.165) is 17.6 Å². The number of fused-ring (bicyclic) bond motifs is 1. The predicted molar refractivity (Wildman–Crippen MR) is 78.1 cm³/mol. The highest BCUT2D eigenvalue weighted by Crippen LogP contribution is 2.38. The molecule has 1 aliphatic heterocycles. The summed E-state index contributed by atoms with van der Waals surface area (Å²) >= 11 is 5.83. The van der Waals surface area contributed by atoms with E-state index in [-0.39, 0.29) is 10.4 Å². The van der Waals surface area contributed by atoms with Crippen LogP contribution in [0.4, 0.5) is 4.39 Å². The van der Waals surface area contributed by atoms with Crippen LogP contribution in [0, 0.1) is 11.2 Å². The molecule has 0 radical (unpaired) electrons. The summed E-state index contributed by atoms with van der Waals surface area (Å²) in [6.45, 7) is 6.80. The molecule has 3 heteroatoms. The molecule has 0 saturated heterocycles. The highest BCUT2D eigenvalue weighted by molar-refractivity contribution is 6.31. The van der Waals surface area contributed by atoms with E-state index in [1.807, 2.05) is 6.08 Å². The Hall–Kier alpha value is -1.28. The van der Waals surface area contributed by atoms with Crippen molar-refractivity contribution < 1.29 is 9.13 Å². The van der Waals surface area contributed by atoms with Crippen molar-refractivity contribution in [3.05, 3.63) is 46.8 Å². The second-order valence-corrected chi connectivity index (χ2v) is 5.86. The standard InChI is InChI=1S/C16H18ClFO/c1-4-5-6-11-9-16(2,3)10-19-15-8-13(17)14(18)7-12(11)15/h5-9H,4,10H2,1-3H3. The Labute approximate surface area is 118 Å². The molecule has 0 amide bonds. The molecule has 1 aromatic carbocycles. The van der Waals surface area contributed by atoms with Crippen LogP contribution in [0.1, 0.15) is 32.8 Å². The zero-order valence-corrected chi connectivity index (χ0v) is 12.2. The van der Waals surface area contributed by atoms with Crippen molar-refractivity contribution in [1.82, 2.24) is 0 Å². The highest BCUT2D eigenvalue weighted by Gasteiger charge is 2.24. The molecule has 0 atom stereocenters. The van der Waals surface area contributed by atoms with Gasteiger partial charge in [0.25, 0.3) is 0 Å². The van der Waals surface area contributed by atoms with Gasteiger partial charge >= 0.3 is 0 Å². The maximum Gasteiger partial charge on any atom is 0.142 e. The minimum absolute atomic E-state index is 0.0947. The zero-order valence-electron chi connectivity index (χ0n) is 11.5. The molecule has 2 rings (SSSR count). The van der Waals surface area contributed by atoms with Gasteiger partial charge in [-0.15, -0.1) is 0 Å². The van der Waals surface area contributed by atoms with Gasteiger partial charge in [-0.3, -0.25) is 0 Å². The first-order valence-corrected chi connectivity index (χ1v) is 6.82. The maximum absolute atomic E-state index is 13.7. The molecule has 0 spiro atoms. The smallest absolute Gasteiger partial charge is 0.142 e. The zero-order chi connectivity index (χ0) is 14.0. The first-order valence-electron chi connectivity index (χ1n) is 6.44. The first-order chi connectivity index (χ1) is 8.93. The van der Waals surface area contributed by atoms with Crippen LogP contribution in [0.25, 0.3) is 5.57 Å². The van der Waals surface area contributed by atoms with Crippen molar-refractivity contribution in [2.24, 2.45) is 5.41 Å². The van der Waals surface area contributed by atoms with E-state index in [2.05, 4.69) is 32.9 Å². The number of ether oxygens (including phenoxy) is 1. The van der Waals surface area contributed by atoms with Gasteiger partial charge in [0, 0.05) is 17.0 Å². The lowest BCUT2D eigenvalue weighted by molar-refractivity contribution is 0.224. The Morgan fingerprint density at radius 2 is 2.16 bits per heavy atom. The van der Waals surface area contributed by atoms with Crippen LogP contribution >= 0.6 is 11.6 Å². The van der Waals surface area contributed by atoms with E-state index < -0.39 is 5.82 Å². The molecule has 0 saturated carbocycles. The van der Waals surface area contributed by atoms with E-state index in [0.29, 0.717) is 12.4 Å². The lowest BCUT2D eigenvalue weighted by atomic mass is 9.90. The summed E-state index contributed by atoms with van der Waals surface area (Å²) < 4.78 is 19.5. The largest absolute Gasteiger partial charge is 0.492 e. The second-order valence-electron chi connectivity index (χ2n) is 5.45. The second kappa shape index (κ2) is 5.38. The lowest BCUT2D eigenvalue weighted by Crippen LogP contribution is -2.17. The average molecular weight is 281 g/mol. The van der Waals surface area contributed by atoms with E-state index in [1.54, 1.807) is 6.07 Å². The van der Waals surface area contributed by atoms with Gasteiger partial charge in [0.15, 0.2) is 0 Å². The van der Waals surface area contributed by atoms with E-state index in [9.17, 15) is 4.39 Å². The third-order valence-electron chi connectivity index (χ3n) is 3.01. The normalized spacial score (nSPS) is 17.6. The molecule has 0 unspecified atom stereocenters. The van der Waals surface area contributed by atoms with Crippen LogP contribution in [0.3, 0.4) is 0 Å². The van der Waals surface area contributed by atoms with Crippen molar-refractivity contribution in [2.75, 3.05) is 6.61 Å². The molecular formula is C16H18ClFO. The molecule has 0 aromatic heterocycles. The summed E-state index contributed by atoms with van der Waals surface area (Å²) in [4.78, 5) is 0. The minimum atomic E-state index is -0.417. The summed E-state index contributed by atoms with van der Waals surface area (Å²) in [5.74, 6) is 0.225. The first kappa shape index (κ1) is 14.1. The quantitative estimate of drug-likeness (QED) is 0.719. The van der Waals surface area contributed by atoms with Crippen molar-refractivity contribution >= 4 is 17.2 Å². The fourth-order valence-electron chi connectivity index (χ4n) is 2.06. The van der Waals surface area contributed by atoms with Crippen LogP contribution < -0.4 is 4.74 Å². The van der Waals surface area contributed by atoms with Crippen molar-refractivity contribution in [3.63, 3.8) is 0 Å². The van der Waals surface area contributed by atoms with Crippen LogP contribution in [0.5, 0.6) is 5.75 Å². The van der Waals surface area contributed by atoms with E-state index in [4.69, 9.17) is 16.3 Å². The number of halogens is 2. The fourth-order valence-corrected chi connectivity index (χ4v) is 2.21. The lowest BCUT2D eigenvalue weighted by Gasteiger charge is -2.18. The molecular weight excluding hydrogens is 263 g/mol. The van der Waals surface area contributed by atoms with Gasteiger partial charge in [0.1, 0.15) is 11.6 Å². The summed E-state index contributed by atoms with van der Waals surface area (Å²) in [6.07, 6.45) is 7.13. The van der Waals surface area contributed by atoms with Crippen LogP contribution in [0.2, 0.25) is 5.02 Å². The van der Waals surface area contributed by atoms with E-state index in [1.165, 1.54) is 6.07 Å². The third kappa shape index (κ3) is 3.19. The van der Waals surface area contributed by atoms with Gasteiger partial charge < -0.3 is 4.74 Å². The molecule has 1 aliphatic rings. The van der Waals surface area contributed by atoms with Gasteiger partial charge in [-0.25, -0.2) is 4.39 Å². The average Bonchev–Trinajstić information content (AvgIpc) is 2.46. The van der Waals surface area contributed by atoms with E-state index >= 15 is 0 Å². The Morgan fingerprint density at radius 3 is 2.84 bits per heavy atom. The van der Waals surface area contributed by atoms with Gasteiger partial charge in [-0.1, -0.05) is 50.6 Å². The molecule has 19 heavy (non-hydrogen) atoms. The van der Waals surface area contributed by atoms with Crippen LogP contribution in [-0.2, 0) is 0 Å². The fraction of sp³-hybridized carbons (Fsp3) is 0.375. The van der Waals surface area contributed by atoms with Crippen molar-refractivity contribution in [3.8, 4) is 5.75 Å². The minimum Gasteiger partial charge on any atom is -0.492 e. The van der Waals surface area contributed by atoms with Crippen molar-refractivity contribution in [2.45, 2.75) is 27.2 Å². The summed E-state index contributed by atoms with van der Waals surface area (Å²) in [5, 5.41) is 0.0947. The van der Waals surface area contributed by atoms with Crippen molar-refractivity contribution in [1.29, 1.82) is 0 Å². The van der Waals surface area contributed by atoms with Gasteiger partial charge in [-0.05, 0) is 18.1 Å². The molecule has 1 nitrogen and oxygen atoms in total. The van der Waals surface area contributed by atoms with Crippen LogP contribution in [-0.4, -0.2) is 6.61 Å². The summed E-state index contributed by atoms with van der Waals surface area (Å²) in [6, 6.07) is 3.01. The molecule has 1 aromatic rings. The number of hydrogen-bond acceptors (Lipinski definition) is 1. The molecule has 0 aliphatic carbocycles. The molecule has 0 fully saturated rings. The number of hydrogen-bond donors (Lipinski definition) is 0. The third-order valence-corrected chi connectivity index (χ3v) is 3.30. The van der Waals surface area contributed by atoms with Gasteiger partial charge in [0.05, 0.1) is 11.6 Å². The SMILES string of the molecule is CCC=CC1=CC(C)(C)COc2cc(Cl)c(F)cc21.